The minimum Gasteiger partial charge on any atom is -0.325 e. The molecule has 116 valence electrons. The molecular weight excluding hydrogens is 274 g/mol. The van der Waals surface area contributed by atoms with Gasteiger partial charge in [0.1, 0.15) is 0 Å². The molecule has 1 heterocycles. The number of likely N-dealkylation sites (tertiary alicyclic amines) is 1. The summed E-state index contributed by atoms with van der Waals surface area (Å²) in [6.07, 6.45) is 5.87. The summed E-state index contributed by atoms with van der Waals surface area (Å²) >= 11 is 0. The number of nitrogens with zero attached hydrogens (tertiary/aromatic N) is 1. The molecule has 5 heteroatoms. The first-order chi connectivity index (χ1) is 10.1. The molecule has 1 aromatic rings. The zero-order valence-electron chi connectivity index (χ0n) is 12.4. The summed E-state index contributed by atoms with van der Waals surface area (Å²) in [5.74, 6) is -2.04. The average molecular weight is 296 g/mol. The van der Waals surface area contributed by atoms with Crippen molar-refractivity contribution in [2.75, 3.05) is 18.4 Å². The normalized spacial score (nSPS) is 18.6. The number of benzene rings is 1. The molecule has 1 aliphatic rings. The molecule has 1 aromatic carbocycles. The number of carbonyl (C=O) groups is 1. The van der Waals surface area contributed by atoms with E-state index in [0.717, 1.165) is 38.1 Å². The van der Waals surface area contributed by atoms with Gasteiger partial charge < -0.3 is 5.32 Å². The quantitative estimate of drug-likeness (QED) is 0.925. The van der Waals surface area contributed by atoms with Gasteiger partial charge >= 0.3 is 0 Å². The molecule has 0 bridgehead atoms. The molecule has 1 fully saturated rings. The molecule has 1 saturated heterocycles. The molecule has 0 radical (unpaired) electrons. The highest BCUT2D eigenvalue weighted by atomic mass is 19.2. The highest BCUT2D eigenvalue weighted by molar-refractivity contribution is 5.94. The van der Waals surface area contributed by atoms with Crippen LogP contribution < -0.4 is 5.32 Å². The van der Waals surface area contributed by atoms with E-state index in [9.17, 15) is 13.6 Å². The third-order valence-corrected chi connectivity index (χ3v) is 4.00. The topological polar surface area (TPSA) is 32.3 Å². The summed E-state index contributed by atoms with van der Waals surface area (Å²) in [5, 5.41) is 2.66. The van der Waals surface area contributed by atoms with Gasteiger partial charge in [-0.3, -0.25) is 9.69 Å². The number of anilines is 1. The molecular formula is C16H22F2N2O. The van der Waals surface area contributed by atoms with Crippen LogP contribution in [0, 0.1) is 11.6 Å². The fourth-order valence-corrected chi connectivity index (χ4v) is 2.65. The van der Waals surface area contributed by atoms with Crippen LogP contribution in [0.1, 0.15) is 39.0 Å². The van der Waals surface area contributed by atoms with Crippen molar-refractivity contribution in [2.24, 2.45) is 0 Å². The minimum absolute atomic E-state index is 0.179. The largest absolute Gasteiger partial charge is 0.325 e. The Kier molecular flexibility index (Phi) is 5.67. The smallest absolute Gasteiger partial charge is 0.241 e. The monoisotopic (exact) mass is 296 g/mol. The van der Waals surface area contributed by atoms with Crippen molar-refractivity contribution >= 4 is 11.6 Å². The van der Waals surface area contributed by atoms with Crippen LogP contribution in [-0.4, -0.2) is 29.9 Å². The number of nitrogens with one attached hydrogen (secondary N) is 1. The molecule has 1 aliphatic heterocycles. The van der Waals surface area contributed by atoms with Crippen molar-refractivity contribution in [1.82, 2.24) is 4.90 Å². The van der Waals surface area contributed by atoms with E-state index < -0.39 is 11.6 Å². The maximum atomic E-state index is 13.1. The van der Waals surface area contributed by atoms with E-state index in [-0.39, 0.29) is 17.6 Å². The third kappa shape index (κ3) is 4.49. The van der Waals surface area contributed by atoms with Crippen molar-refractivity contribution in [3.8, 4) is 0 Å². The van der Waals surface area contributed by atoms with E-state index in [4.69, 9.17) is 0 Å². The molecule has 0 spiro atoms. The lowest BCUT2D eigenvalue weighted by Gasteiger charge is -2.29. The van der Waals surface area contributed by atoms with E-state index >= 15 is 0 Å². The van der Waals surface area contributed by atoms with Crippen molar-refractivity contribution in [1.29, 1.82) is 0 Å². The summed E-state index contributed by atoms with van der Waals surface area (Å²) in [7, 11) is 0. The first-order valence-corrected chi connectivity index (χ1v) is 7.58. The van der Waals surface area contributed by atoms with Crippen LogP contribution in [0.3, 0.4) is 0 Å². The Morgan fingerprint density at radius 3 is 2.33 bits per heavy atom. The number of amides is 1. The first kappa shape index (κ1) is 15.9. The summed E-state index contributed by atoms with van der Waals surface area (Å²) in [5.41, 5.74) is 0.290. The molecule has 0 saturated carbocycles. The van der Waals surface area contributed by atoms with Gasteiger partial charge in [0, 0.05) is 11.8 Å². The Labute approximate surface area is 124 Å². The van der Waals surface area contributed by atoms with Crippen LogP contribution in [0.2, 0.25) is 0 Å². The van der Waals surface area contributed by atoms with E-state index in [1.54, 1.807) is 0 Å². The van der Waals surface area contributed by atoms with Crippen molar-refractivity contribution < 1.29 is 13.6 Å². The summed E-state index contributed by atoms with van der Waals surface area (Å²) in [6, 6.07) is 3.13. The van der Waals surface area contributed by atoms with Gasteiger partial charge in [-0.15, -0.1) is 0 Å². The molecule has 0 aromatic heterocycles. The molecule has 1 atom stereocenters. The van der Waals surface area contributed by atoms with Crippen LogP contribution >= 0.6 is 0 Å². The van der Waals surface area contributed by atoms with Crippen LogP contribution in [0.25, 0.3) is 0 Å². The van der Waals surface area contributed by atoms with Gasteiger partial charge in [0.05, 0.1) is 6.04 Å². The van der Waals surface area contributed by atoms with Crippen LogP contribution in [-0.2, 0) is 4.79 Å². The van der Waals surface area contributed by atoms with Crippen molar-refractivity contribution in [2.45, 2.75) is 45.1 Å². The minimum atomic E-state index is -0.952. The molecule has 3 nitrogen and oxygen atoms in total. The highest BCUT2D eigenvalue weighted by Gasteiger charge is 2.21. The lowest BCUT2D eigenvalue weighted by Crippen LogP contribution is -2.43. The summed E-state index contributed by atoms with van der Waals surface area (Å²) in [4.78, 5) is 14.4. The Hall–Kier alpha value is -1.49. The standard InChI is InChI=1S/C16H22F2N2O/c1-12(20-9-5-3-2-4-6-10-20)16(21)19-13-7-8-14(17)15(18)11-13/h7-8,11-12H,2-6,9-10H2,1H3,(H,19,21). The zero-order valence-corrected chi connectivity index (χ0v) is 12.4. The highest BCUT2D eigenvalue weighted by Crippen LogP contribution is 2.16. The molecule has 2 rings (SSSR count). The summed E-state index contributed by atoms with van der Waals surface area (Å²) in [6.45, 7) is 3.68. The number of carbonyl (C=O) groups excluding carboxylic acids is 1. The van der Waals surface area contributed by atoms with Gasteiger partial charge in [-0.2, -0.15) is 0 Å². The third-order valence-electron chi connectivity index (χ3n) is 4.00. The second-order valence-electron chi connectivity index (χ2n) is 5.60. The molecule has 1 N–H and O–H groups in total. The van der Waals surface area contributed by atoms with Crippen molar-refractivity contribution in [3.05, 3.63) is 29.8 Å². The van der Waals surface area contributed by atoms with Gasteiger partial charge in [0.2, 0.25) is 5.91 Å². The van der Waals surface area contributed by atoms with Crippen LogP contribution in [0.5, 0.6) is 0 Å². The number of hydrogen-bond acceptors (Lipinski definition) is 2. The lowest BCUT2D eigenvalue weighted by molar-refractivity contribution is -0.120. The zero-order chi connectivity index (χ0) is 15.2. The van der Waals surface area contributed by atoms with E-state index in [0.29, 0.717) is 0 Å². The number of rotatable bonds is 3. The van der Waals surface area contributed by atoms with Crippen LogP contribution in [0.15, 0.2) is 18.2 Å². The van der Waals surface area contributed by atoms with Gasteiger partial charge in [-0.1, -0.05) is 19.3 Å². The van der Waals surface area contributed by atoms with Gasteiger partial charge in [0.15, 0.2) is 11.6 Å². The second kappa shape index (κ2) is 7.50. The maximum absolute atomic E-state index is 13.1. The SMILES string of the molecule is CC(C(=O)Nc1ccc(F)c(F)c1)N1CCCCCCC1. The Morgan fingerprint density at radius 2 is 1.71 bits per heavy atom. The maximum Gasteiger partial charge on any atom is 0.241 e. The van der Waals surface area contributed by atoms with Gasteiger partial charge in [0.25, 0.3) is 0 Å². The predicted octanol–water partition coefficient (Wildman–Crippen LogP) is 3.56. The summed E-state index contributed by atoms with van der Waals surface area (Å²) < 4.78 is 26.0. The van der Waals surface area contributed by atoms with E-state index in [1.807, 2.05) is 6.92 Å². The molecule has 1 unspecified atom stereocenters. The van der Waals surface area contributed by atoms with E-state index in [1.165, 1.54) is 25.3 Å². The fraction of sp³-hybridized carbons (Fsp3) is 0.562. The second-order valence-corrected chi connectivity index (χ2v) is 5.60. The van der Waals surface area contributed by atoms with E-state index in [2.05, 4.69) is 10.2 Å². The first-order valence-electron chi connectivity index (χ1n) is 7.58. The average Bonchev–Trinajstić information content (AvgIpc) is 2.42. The van der Waals surface area contributed by atoms with Gasteiger partial charge in [-0.25, -0.2) is 8.78 Å². The fourth-order valence-electron chi connectivity index (χ4n) is 2.65. The Bertz CT molecular complexity index is 485. The molecule has 1 amide bonds. The Morgan fingerprint density at radius 1 is 1.10 bits per heavy atom. The predicted molar refractivity (Wildman–Crippen MR) is 79.1 cm³/mol. The number of halogens is 2. The Balaban J connectivity index is 1.95. The van der Waals surface area contributed by atoms with Gasteiger partial charge in [-0.05, 0) is 45.0 Å². The van der Waals surface area contributed by atoms with Crippen LogP contribution in [0.4, 0.5) is 14.5 Å². The number of hydrogen-bond donors (Lipinski definition) is 1. The molecule has 21 heavy (non-hydrogen) atoms. The van der Waals surface area contributed by atoms with Crippen molar-refractivity contribution in [3.63, 3.8) is 0 Å². The molecule has 0 aliphatic carbocycles. The lowest BCUT2D eigenvalue weighted by atomic mass is 10.1.